The summed E-state index contributed by atoms with van der Waals surface area (Å²) in [6.45, 7) is -0.390. The lowest BCUT2D eigenvalue weighted by Crippen LogP contribution is -2.22. The van der Waals surface area contributed by atoms with Gasteiger partial charge in [0.2, 0.25) is 0 Å². The van der Waals surface area contributed by atoms with E-state index in [2.05, 4.69) is 5.32 Å². The molecule has 6 nitrogen and oxygen atoms in total. The van der Waals surface area contributed by atoms with E-state index in [9.17, 15) is 14.4 Å². The molecule has 0 aliphatic carbocycles. The van der Waals surface area contributed by atoms with Crippen LogP contribution in [-0.2, 0) is 20.7 Å². The summed E-state index contributed by atoms with van der Waals surface area (Å²) in [5.41, 5.74) is 6.48. The van der Waals surface area contributed by atoms with Gasteiger partial charge >= 0.3 is 5.97 Å². The van der Waals surface area contributed by atoms with Crippen LogP contribution in [0.4, 0.5) is 5.00 Å². The van der Waals surface area contributed by atoms with Crippen molar-refractivity contribution in [2.24, 2.45) is 5.73 Å². The van der Waals surface area contributed by atoms with Crippen LogP contribution in [0.25, 0.3) is 0 Å². The first-order valence-corrected chi connectivity index (χ1v) is 8.22. The van der Waals surface area contributed by atoms with Gasteiger partial charge in [-0.2, -0.15) is 11.3 Å². The van der Waals surface area contributed by atoms with Crippen LogP contribution in [0.2, 0.25) is 0 Å². The molecule has 2 rings (SSSR count). The molecule has 0 aliphatic rings. The van der Waals surface area contributed by atoms with Crippen molar-refractivity contribution < 1.29 is 19.1 Å². The van der Waals surface area contributed by atoms with Crippen molar-refractivity contribution in [1.82, 2.24) is 0 Å². The summed E-state index contributed by atoms with van der Waals surface area (Å²) in [6, 6.07) is 3.46. The fourth-order valence-electron chi connectivity index (χ4n) is 1.66. The zero-order valence-corrected chi connectivity index (χ0v) is 13.2. The summed E-state index contributed by atoms with van der Waals surface area (Å²) in [4.78, 5) is 34.4. The van der Waals surface area contributed by atoms with Crippen molar-refractivity contribution in [3.63, 3.8) is 0 Å². The molecule has 0 spiro atoms. The standard InChI is InChI=1S/C14H14N2O4S2/c15-13(19)10-4-6-22-14(10)16-11(17)7-20-12(18)2-1-9-3-5-21-8-9/h3-6,8H,1-2,7H2,(H2,15,19)(H,16,17). The van der Waals surface area contributed by atoms with E-state index in [1.807, 2.05) is 16.8 Å². The van der Waals surface area contributed by atoms with Crippen LogP contribution in [-0.4, -0.2) is 24.4 Å². The third-order valence-corrected chi connectivity index (χ3v) is 4.31. The summed E-state index contributed by atoms with van der Waals surface area (Å²) < 4.78 is 4.89. The molecule has 0 radical (unpaired) electrons. The van der Waals surface area contributed by atoms with Crippen molar-refractivity contribution in [2.75, 3.05) is 11.9 Å². The Hall–Kier alpha value is -2.19. The van der Waals surface area contributed by atoms with Gasteiger partial charge in [-0.25, -0.2) is 0 Å². The molecular weight excluding hydrogens is 324 g/mol. The van der Waals surface area contributed by atoms with Crippen LogP contribution in [0.1, 0.15) is 22.3 Å². The molecule has 0 saturated carbocycles. The van der Waals surface area contributed by atoms with Gasteiger partial charge in [0.15, 0.2) is 6.61 Å². The fourth-order valence-corrected chi connectivity index (χ4v) is 3.17. The minimum Gasteiger partial charge on any atom is -0.456 e. The van der Waals surface area contributed by atoms with Crippen molar-refractivity contribution in [3.8, 4) is 0 Å². The van der Waals surface area contributed by atoms with E-state index >= 15 is 0 Å². The number of esters is 1. The van der Waals surface area contributed by atoms with Crippen LogP contribution in [0.15, 0.2) is 28.3 Å². The second-order valence-electron chi connectivity index (χ2n) is 4.37. The van der Waals surface area contributed by atoms with E-state index in [1.165, 1.54) is 17.4 Å². The third kappa shape index (κ3) is 4.68. The monoisotopic (exact) mass is 338 g/mol. The predicted molar refractivity (Wildman–Crippen MR) is 85.1 cm³/mol. The van der Waals surface area contributed by atoms with E-state index in [0.717, 1.165) is 5.56 Å². The van der Waals surface area contributed by atoms with Crippen LogP contribution >= 0.6 is 22.7 Å². The highest BCUT2D eigenvalue weighted by Gasteiger charge is 2.14. The highest BCUT2D eigenvalue weighted by Crippen LogP contribution is 2.22. The van der Waals surface area contributed by atoms with Gasteiger partial charge in [0, 0.05) is 6.42 Å². The number of hydrogen-bond donors (Lipinski definition) is 2. The zero-order chi connectivity index (χ0) is 15.9. The molecule has 0 atom stereocenters. The minimum absolute atomic E-state index is 0.218. The Morgan fingerprint density at radius 3 is 2.73 bits per heavy atom. The summed E-state index contributed by atoms with van der Waals surface area (Å²) in [5, 5.41) is 8.39. The van der Waals surface area contributed by atoms with Crippen molar-refractivity contribution >= 4 is 45.5 Å². The lowest BCUT2D eigenvalue weighted by molar-refractivity contribution is -0.147. The first-order chi connectivity index (χ1) is 10.6. The number of primary amides is 1. The summed E-state index contributed by atoms with van der Waals surface area (Å²) in [6.07, 6.45) is 0.802. The number of aryl methyl sites for hydroxylation is 1. The Morgan fingerprint density at radius 2 is 2.05 bits per heavy atom. The van der Waals surface area contributed by atoms with Gasteiger partial charge in [0.25, 0.3) is 11.8 Å². The number of carbonyl (C=O) groups is 3. The van der Waals surface area contributed by atoms with Gasteiger partial charge in [-0.3, -0.25) is 14.4 Å². The Balaban J connectivity index is 1.74. The molecule has 0 aliphatic heterocycles. The summed E-state index contributed by atoms with van der Waals surface area (Å²) in [7, 11) is 0. The maximum absolute atomic E-state index is 11.7. The van der Waals surface area contributed by atoms with Crippen LogP contribution in [0.3, 0.4) is 0 Å². The smallest absolute Gasteiger partial charge is 0.306 e. The van der Waals surface area contributed by atoms with Crippen molar-refractivity contribution in [2.45, 2.75) is 12.8 Å². The molecule has 116 valence electrons. The molecule has 0 aromatic carbocycles. The zero-order valence-electron chi connectivity index (χ0n) is 11.5. The number of nitrogens with one attached hydrogen (secondary N) is 1. The normalized spacial score (nSPS) is 10.2. The highest BCUT2D eigenvalue weighted by molar-refractivity contribution is 7.14. The largest absolute Gasteiger partial charge is 0.456 e. The number of nitrogens with two attached hydrogens (primary N) is 1. The SMILES string of the molecule is NC(=O)c1ccsc1NC(=O)COC(=O)CCc1ccsc1. The molecule has 22 heavy (non-hydrogen) atoms. The van der Waals surface area contributed by atoms with E-state index in [1.54, 1.807) is 16.7 Å². The molecule has 0 bridgehead atoms. The van der Waals surface area contributed by atoms with Crippen LogP contribution < -0.4 is 11.1 Å². The van der Waals surface area contributed by atoms with Crippen LogP contribution in [0.5, 0.6) is 0 Å². The Labute approximate surface area is 134 Å². The minimum atomic E-state index is -0.621. The molecule has 0 unspecified atom stereocenters. The number of rotatable bonds is 7. The molecular formula is C14H14N2O4S2. The van der Waals surface area contributed by atoms with Crippen molar-refractivity contribution in [1.29, 1.82) is 0 Å². The molecule has 3 N–H and O–H groups in total. The third-order valence-electron chi connectivity index (χ3n) is 2.75. The quantitative estimate of drug-likeness (QED) is 0.755. The van der Waals surface area contributed by atoms with Gasteiger partial charge in [0.1, 0.15) is 5.00 Å². The van der Waals surface area contributed by atoms with Gasteiger partial charge in [-0.05, 0) is 40.3 Å². The number of carbonyl (C=O) groups excluding carboxylic acids is 3. The number of amides is 2. The molecule has 2 aromatic heterocycles. The number of anilines is 1. The topological polar surface area (TPSA) is 98.5 Å². The molecule has 0 saturated heterocycles. The van der Waals surface area contributed by atoms with Gasteiger partial charge < -0.3 is 15.8 Å². The van der Waals surface area contributed by atoms with Crippen LogP contribution in [0, 0.1) is 0 Å². The lowest BCUT2D eigenvalue weighted by Gasteiger charge is -2.06. The van der Waals surface area contributed by atoms with E-state index in [0.29, 0.717) is 11.4 Å². The van der Waals surface area contributed by atoms with E-state index < -0.39 is 24.4 Å². The second-order valence-corrected chi connectivity index (χ2v) is 6.06. The van der Waals surface area contributed by atoms with E-state index in [-0.39, 0.29) is 12.0 Å². The Bertz CT molecular complexity index is 664. The first-order valence-electron chi connectivity index (χ1n) is 6.40. The molecule has 8 heteroatoms. The highest BCUT2D eigenvalue weighted by atomic mass is 32.1. The maximum Gasteiger partial charge on any atom is 0.306 e. The van der Waals surface area contributed by atoms with E-state index in [4.69, 9.17) is 10.5 Å². The first kappa shape index (κ1) is 16.2. The summed E-state index contributed by atoms with van der Waals surface area (Å²) in [5.74, 6) is -1.57. The number of hydrogen-bond acceptors (Lipinski definition) is 6. The Kier molecular flexibility index (Phi) is 5.68. The molecule has 0 fully saturated rings. The fraction of sp³-hybridized carbons (Fsp3) is 0.214. The molecule has 2 aromatic rings. The van der Waals surface area contributed by atoms with Gasteiger partial charge in [-0.1, -0.05) is 0 Å². The second kappa shape index (κ2) is 7.71. The number of ether oxygens (including phenoxy) is 1. The Morgan fingerprint density at radius 1 is 1.23 bits per heavy atom. The van der Waals surface area contributed by atoms with Gasteiger partial charge in [0.05, 0.1) is 5.56 Å². The molecule has 2 heterocycles. The average Bonchev–Trinajstić information content (AvgIpc) is 3.14. The average molecular weight is 338 g/mol. The van der Waals surface area contributed by atoms with Gasteiger partial charge in [-0.15, -0.1) is 11.3 Å². The number of thiophene rings is 2. The maximum atomic E-state index is 11.7. The summed E-state index contributed by atoms with van der Waals surface area (Å²) >= 11 is 2.74. The molecule has 2 amide bonds. The lowest BCUT2D eigenvalue weighted by atomic mass is 10.2. The predicted octanol–water partition coefficient (Wildman–Crippen LogP) is 2.02. The van der Waals surface area contributed by atoms with Crippen molar-refractivity contribution in [3.05, 3.63) is 39.4 Å².